The normalized spacial score (nSPS) is 11.4. The minimum absolute atomic E-state index is 0.0771. The molecule has 0 saturated carbocycles. The topological polar surface area (TPSA) is 102 Å². The first-order valence-corrected chi connectivity index (χ1v) is 8.13. The van der Waals surface area contributed by atoms with Crippen LogP contribution >= 0.6 is 0 Å². The molecule has 0 aliphatic heterocycles. The number of amides is 1. The van der Waals surface area contributed by atoms with Crippen molar-refractivity contribution < 1.29 is 22.1 Å². The van der Waals surface area contributed by atoms with E-state index in [0.717, 1.165) is 6.07 Å². The van der Waals surface area contributed by atoms with Crippen LogP contribution in [0.5, 0.6) is 0 Å². The van der Waals surface area contributed by atoms with Crippen LogP contribution in [0.4, 0.5) is 10.1 Å². The number of rotatable bonds is 5. The van der Waals surface area contributed by atoms with Crippen LogP contribution in [-0.2, 0) is 20.4 Å². The Labute approximate surface area is 126 Å². The third-order valence-electron chi connectivity index (χ3n) is 2.72. The lowest BCUT2D eigenvalue weighted by molar-refractivity contribution is -0.113. The molecular formula is C13H14FN3O4S. The first kappa shape index (κ1) is 16.1. The van der Waals surface area contributed by atoms with Gasteiger partial charge < -0.3 is 9.84 Å². The number of hydrogen-bond acceptors (Lipinski definition) is 6. The Morgan fingerprint density at radius 3 is 2.68 bits per heavy atom. The highest BCUT2D eigenvalue weighted by atomic mass is 32.2. The predicted molar refractivity (Wildman–Crippen MR) is 76.3 cm³/mol. The maximum atomic E-state index is 13.4. The van der Waals surface area contributed by atoms with Gasteiger partial charge in [0, 0.05) is 5.69 Å². The van der Waals surface area contributed by atoms with E-state index in [-0.39, 0.29) is 11.6 Å². The van der Waals surface area contributed by atoms with Gasteiger partial charge in [0.25, 0.3) is 0 Å². The first-order valence-electron chi connectivity index (χ1n) is 6.31. The average Bonchev–Trinajstić information content (AvgIpc) is 2.77. The summed E-state index contributed by atoms with van der Waals surface area (Å²) >= 11 is 0. The van der Waals surface area contributed by atoms with Gasteiger partial charge >= 0.3 is 0 Å². The van der Waals surface area contributed by atoms with Gasteiger partial charge in [-0.1, -0.05) is 11.2 Å². The molecule has 118 valence electrons. The van der Waals surface area contributed by atoms with Crippen molar-refractivity contribution in [3.63, 3.8) is 0 Å². The summed E-state index contributed by atoms with van der Waals surface area (Å²) in [5, 5.41) is 5.81. The van der Waals surface area contributed by atoms with Gasteiger partial charge in [-0.2, -0.15) is 4.98 Å². The quantitative estimate of drug-likeness (QED) is 0.890. The lowest BCUT2D eigenvalue weighted by Crippen LogP contribution is -2.24. The van der Waals surface area contributed by atoms with E-state index in [2.05, 4.69) is 15.5 Å². The standard InChI is InChI=1S/C13H14FN3O4S/c1-8-3-4-10(5-11(8)14)16-12(18)6-22(19,20)7-13-15-9(2)17-21-13/h3-5H,6-7H2,1-2H3,(H,16,18). The number of aryl methyl sites for hydroxylation is 2. The molecule has 0 atom stereocenters. The number of halogens is 1. The largest absolute Gasteiger partial charge is 0.338 e. The zero-order valence-corrected chi connectivity index (χ0v) is 12.8. The van der Waals surface area contributed by atoms with E-state index in [9.17, 15) is 17.6 Å². The van der Waals surface area contributed by atoms with E-state index in [1.54, 1.807) is 13.8 Å². The van der Waals surface area contributed by atoms with E-state index in [0.29, 0.717) is 11.4 Å². The summed E-state index contributed by atoms with van der Waals surface area (Å²) in [6.07, 6.45) is 0. The fourth-order valence-corrected chi connectivity index (χ4v) is 2.77. The van der Waals surface area contributed by atoms with E-state index in [1.807, 2.05) is 0 Å². The van der Waals surface area contributed by atoms with Crippen molar-refractivity contribution in [2.45, 2.75) is 19.6 Å². The molecule has 0 aliphatic rings. The molecule has 0 saturated heterocycles. The molecule has 1 aromatic heterocycles. The van der Waals surface area contributed by atoms with Crippen molar-refractivity contribution in [2.75, 3.05) is 11.1 Å². The van der Waals surface area contributed by atoms with Crippen LogP contribution < -0.4 is 5.32 Å². The van der Waals surface area contributed by atoms with Crippen molar-refractivity contribution in [1.82, 2.24) is 10.1 Å². The van der Waals surface area contributed by atoms with Gasteiger partial charge in [-0.3, -0.25) is 4.79 Å². The molecule has 0 radical (unpaired) electrons. The fraction of sp³-hybridized carbons (Fsp3) is 0.308. The van der Waals surface area contributed by atoms with E-state index in [4.69, 9.17) is 4.52 Å². The molecule has 0 unspecified atom stereocenters. The SMILES string of the molecule is Cc1noc(CS(=O)(=O)CC(=O)Nc2ccc(C)c(F)c2)n1. The number of benzene rings is 1. The van der Waals surface area contributed by atoms with Crippen LogP contribution in [0.15, 0.2) is 22.7 Å². The number of carbonyl (C=O) groups excluding carboxylic acids is 1. The van der Waals surface area contributed by atoms with Crippen LogP contribution in [0.3, 0.4) is 0 Å². The molecule has 1 aromatic carbocycles. The summed E-state index contributed by atoms with van der Waals surface area (Å²) in [5.41, 5.74) is 0.620. The van der Waals surface area contributed by atoms with Gasteiger partial charge in [-0.25, -0.2) is 12.8 Å². The predicted octanol–water partition coefficient (Wildman–Crippen LogP) is 1.38. The van der Waals surface area contributed by atoms with E-state index >= 15 is 0 Å². The number of sulfone groups is 1. The summed E-state index contributed by atoms with van der Waals surface area (Å²) in [4.78, 5) is 15.5. The average molecular weight is 327 g/mol. The molecule has 1 amide bonds. The van der Waals surface area contributed by atoms with E-state index < -0.39 is 33.1 Å². The molecule has 1 N–H and O–H groups in total. The lowest BCUT2D eigenvalue weighted by Gasteiger charge is -2.06. The van der Waals surface area contributed by atoms with Gasteiger partial charge in [0.1, 0.15) is 17.3 Å². The number of anilines is 1. The fourth-order valence-electron chi connectivity index (χ4n) is 1.71. The van der Waals surface area contributed by atoms with Crippen LogP contribution in [0.25, 0.3) is 0 Å². The third-order valence-corrected chi connectivity index (χ3v) is 4.11. The Bertz CT molecular complexity index is 801. The number of aromatic nitrogens is 2. The zero-order valence-electron chi connectivity index (χ0n) is 12.0. The molecule has 9 heteroatoms. The summed E-state index contributed by atoms with van der Waals surface area (Å²) in [5.74, 6) is -2.30. The molecule has 1 heterocycles. The van der Waals surface area contributed by atoms with Gasteiger partial charge in [0.05, 0.1) is 0 Å². The molecule has 2 aromatic rings. The lowest BCUT2D eigenvalue weighted by atomic mass is 10.2. The van der Waals surface area contributed by atoms with Crippen molar-refractivity contribution in [1.29, 1.82) is 0 Å². The van der Waals surface area contributed by atoms with Crippen LogP contribution in [0.2, 0.25) is 0 Å². The molecule has 22 heavy (non-hydrogen) atoms. The summed E-state index contributed by atoms with van der Waals surface area (Å²) in [6, 6.07) is 4.10. The number of nitrogens with one attached hydrogen (secondary N) is 1. The minimum atomic E-state index is -3.76. The maximum Gasteiger partial charge on any atom is 0.241 e. The molecular weight excluding hydrogens is 313 g/mol. The van der Waals surface area contributed by atoms with Gasteiger partial charge in [0.15, 0.2) is 15.7 Å². The molecule has 0 bridgehead atoms. The maximum absolute atomic E-state index is 13.4. The smallest absolute Gasteiger partial charge is 0.241 e. The second-order valence-electron chi connectivity index (χ2n) is 4.78. The van der Waals surface area contributed by atoms with E-state index in [1.165, 1.54) is 12.1 Å². The Morgan fingerprint density at radius 1 is 1.36 bits per heavy atom. The second kappa shape index (κ2) is 6.22. The number of hydrogen-bond donors (Lipinski definition) is 1. The molecule has 7 nitrogen and oxygen atoms in total. The highest BCUT2D eigenvalue weighted by Gasteiger charge is 2.21. The van der Waals surface area contributed by atoms with Gasteiger partial charge in [0.2, 0.25) is 11.8 Å². The first-order chi connectivity index (χ1) is 10.2. The van der Waals surface area contributed by atoms with Crippen molar-refractivity contribution in [3.8, 4) is 0 Å². The van der Waals surface area contributed by atoms with Crippen molar-refractivity contribution in [2.24, 2.45) is 0 Å². The number of carbonyl (C=O) groups is 1. The summed E-state index contributed by atoms with van der Waals surface area (Å²) in [7, 11) is -3.76. The molecule has 0 fully saturated rings. The third kappa shape index (κ3) is 4.35. The Morgan fingerprint density at radius 2 is 2.09 bits per heavy atom. The summed E-state index contributed by atoms with van der Waals surface area (Å²) < 4.78 is 41.8. The highest BCUT2D eigenvalue weighted by molar-refractivity contribution is 7.91. The van der Waals surface area contributed by atoms with Crippen molar-refractivity contribution in [3.05, 3.63) is 41.3 Å². The van der Waals surface area contributed by atoms with Crippen LogP contribution in [0.1, 0.15) is 17.3 Å². The van der Waals surface area contributed by atoms with Crippen LogP contribution in [-0.4, -0.2) is 30.2 Å². The molecule has 2 rings (SSSR count). The Kier molecular flexibility index (Phi) is 4.55. The Hall–Kier alpha value is -2.29. The number of nitrogens with zero attached hydrogens (tertiary/aromatic N) is 2. The molecule has 0 aliphatic carbocycles. The summed E-state index contributed by atoms with van der Waals surface area (Å²) in [6.45, 7) is 3.13. The second-order valence-corrected chi connectivity index (χ2v) is 6.84. The minimum Gasteiger partial charge on any atom is -0.338 e. The Balaban J connectivity index is 1.99. The van der Waals surface area contributed by atoms with Crippen LogP contribution in [0, 0.1) is 19.7 Å². The van der Waals surface area contributed by atoms with Gasteiger partial charge in [-0.15, -0.1) is 0 Å². The molecule has 0 spiro atoms. The zero-order chi connectivity index (χ0) is 16.3. The van der Waals surface area contributed by atoms with Gasteiger partial charge in [-0.05, 0) is 31.5 Å². The monoisotopic (exact) mass is 327 g/mol. The highest BCUT2D eigenvalue weighted by Crippen LogP contribution is 2.14. The van der Waals surface area contributed by atoms with Crippen molar-refractivity contribution >= 4 is 21.4 Å².